The number of nitrogens with zero attached hydrogens (tertiary/aromatic N) is 1. The molecule has 1 aromatic rings. The molecule has 0 saturated heterocycles. The largest absolute Gasteiger partial charge is 0.339 e. The molecule has 0 fully saturated rings. The average molecular weight is 229 g/mol. The first kappa shape index (κ1) is 11.8. The van der Waals surface area contributed by atoms with Crippen molar-refractivity contribution in [3.05, 3.63) is 33.2 Å². The molecule has 5 heteroatoms. The van der Waals surface area contributed by atoms with Crippen LogP contribution in [0.4, 0.5) is 0 Å². The van der Waals surface area contributed by atoms with Gasteiger partial charge in [0.25, 0.3) is 5.91 Å². The maximum absolute atomic E-state index is 11.8. The third-order valence-corrected chi connectivity index (χ3v) is 2.51. The highest BCUT2D eigenvalue weighted by Gasteiger charge is 2.17. The van der Waals surface area contributed by atoms with Crippen LogP contribution in [0.1, 0.15) is 24.2 Å². The van der Waals surface area contributed by atoms with Crippen LogP contribution in [0.2, 0.25) is 5.02 Å². The Balaban J connectivity index is 3.07. The number of aromatic nitrogens is 1. The van der Waals surface area contributed by atoms with E-state index in [1.807, 2.05) is 13.8 Å². The lowest BCUT2D eigenvalue weighted by Crippen LogP contribution is -2.33. The van der Waals surface area contributed by atoms with E-state index in [1.54, 1.807) is 11.9 Å². The maximum atomic E-state index is 11.8. The number of amides is 1. The molecule has 1 amide bonds. The second-order valence-corrected chi connectivity index (χ2v) is 3.98. The van der Waals surface area contributed by atoms with Gasteiger partial charge in [-0.2, -0.15) is 0 Å². The van der Waals surface area contributed by atoms with Crippen molar-refractivity contribution in [3.63, 3.8) is 0 Å². The molecule has 0 aliphatic carbocycles. The first-order valence-electron chi connectivity index (χ1n) is 4.59. The Morgan fingerprint density at radius 3 is 2.60 bits per heavy atom. The quantitative estimate of drug-likeness (QED) is 0.834. The zero-order valence-corrected chi connectivity index (χ0v) is 9.63. The van der Waals surface area contributed by atoms with Crippen molar-refractivity contribution in [2.75, 3.05) is 7.05 Å². The molecule has 0 aliphatic rings. The fourth-order valence-corrected chi connectivity index (χ4v) is 1.27. The van der Waals surface area contributed by atoms with Crippen LogP contribution in [-0.2, 0) is 0 Å². The average Bonchev–Trinajstić information content (AvgIpc) is 2.15. The molecule has 0 aliphatic heterocycles. The van der Waals surface area contributed by atoms with Gasteiger partial charge in [0.1, 0.15) is 0 Å². The Bertz CT molecular complexity index is 426. The normalized spacial score (nSPS) is 10.5. The predicted molar refractivity (Wildman–Crippen MR) is 59.3 cm³/mol. The lowest BCUT2D eigenvalue weighted by molar-refractivity contribution is 0.0754. The third-order valence-electron chi connectivity index (χ3n) is 2.20. The molecule has 1 rings (SSSR count). The number of hydrogen-bond acceptors (Lipinski definition) is 2. The van der Waals surface area contributed by atoms with Crippen LogP contribution in [0.3, 0.4) is 0 Å². The minimum Gasteiger partial charge on any atom is -0.339 e. The van der Waals surface area contributed by atoms with Crippen molar-refractivity contribution >= 4 is 17.5 Å². The second-order valence-electron chi connectivity index (χ2n) is 3.57. The Kier molecular flexibility index (Phi) is 3.52. The summed E-state index contributed by atoms with van der Waals surface area (Å²) in [4.78, 5) is 26.7. The minimum atomic E-state index is -0.316. The van der Waals surface area contributed by atoms with E-state index in [4.69, 9.17) is 11.6 Å². The highest BCUT2D eigenvalue weighted by atomic mass is 35.5. The van der Waals surface area contributed by atoms with Gasteiger partial charge in [0.15, 0.2) is 0 Å². The van der Waals surface area contributed by atoms with E-state index in [1.165, 1.54) is 12.3 Å². The highest BCUT2D eigenvalue weighted by molar-refractivity contribution is 6.33. The van der Waals surface area contributed by atoms with Gasteiger partial charge in [-0.25, -0.2) is 0 Å². The van der Waals surface area contributed by atoms with E-state index in [0.717, 1.165) is 0 Å². The Labute approximate surface area is 92.9 Å². The van der Waals surface area contributed by atoms with Crippen molar-refractivity contribution in [3.8, 4) is 0 Å². The minimum absolute atomic E-state index is 0.0838. The van der Waals surface area contributed by atoms with Crippen LogP contribution in [0.25, 0.3) is 0 Å². The highest BCUT2D eigenvalue weighted by Crippen LogP contribution is 2.14. The van der Waals surface area contributed by atoms with E-state index in [9.17, 15) is 9.59 Å². The molecule has 0 bridgehead atoms. The zero-order valence-electron chi connectivity index (χ0n) is 8.87. The summed E-state index contributed by atoms with van der Waals surface area (Å²) in [6.07, 6.45) is 1.34. The van der Waals surface area contributed by atoms with Crippen LogP contribution in [0.5, 0.6) is 0 Å². The van der Waals surface area contributed by atoms with Crippen LogP contribution in [0, 0.1) is 0 Å². The monoisotopic (exact) mass is 228 g/mol. The molecule has 82 valence electrons. The number of pyridine rings is 1. The molecule has 0 atom stereocenters. The number of halogens is 1. The number of hydrogen-bond donors (Lipinski definition) is 1. The molecule has 15 heavy (non-hydrogen) atoms. The molecule has 1 N–H and O–H groups in total. The lowest BCUT2D eigenvalue weighted by Gasteiger charge is -2.21. The number of carbonyl (C=O) groups is 1. The van der Waals surface area contributed by atoms with Gasteiger partial charge in [0.2, 0.25) is 5.56 Å². The summed E-state index contributed by atoms with van der Waals surface area (Å²) in [7, 11) is 1.69. The lowest BCUT2D eigenvalue weighted by atomic mass is 10.2. The van der Waals surface area contributed by atoms with Gasteiger partial charge in [0.05, 0.1) is 10.6 Å². The Morgan fingerprint density at radius 2 is 2.13 bits per heavy atom. The van der Waals surface area contributed by atoms with Crippen molar-refractivity contribution in [1.29, 1.82) is 0 Å². The molecule has 1 aromatic heterocycles. The summed E-state index contributed by atoms with van der Waals surface area (Å²) in [6.45, 7) is 3.80. The van der Waals surface area contributed by atoms with Crippen molar-refractivity contribution in [1.82, 2.24) is 9.88 Å². The standard InChI is InChI=1S/C10H13ClN2O2/c1-6(2)13(3)10(15)7-5-12-9(14)4-8(7)11/h4-6H,1-3H3,(H,12,14). The molecule has 4 nitrogen and oxygen atoms in total. The van der Waals surface area contributed by atoms with Gasteiger partial charge >= 0.3 is 0 Å². The van der Waals surface area contributed by atoms with Crippen LogP contribution >= 0.6 is 11.6 Å². The van der Waals surface area contributed by atoms with E-state index in [0.29, 0.717) is 5.56 Å². The summed E-state index contributed by atoms with van der Waals surface area (Å²) < 4.78 is 0. The molecule has 0 aromatic carbocycles. The number of carbonyl (C=O) groups excluding carboxylic acids is 1. The van der Waals surface area contributed by atoms with E-state index >= 15 is 0 Å². The summed E-state index contributed by atoms with van der Waals surface area (Å²) in [5, 5.41) is 0.177. The Hall–Kier alpha value is -1.29. The van der Waals surface area contributed by atoms with E-state index < -0.39 is 0 Å². The summed E-state index contributed by atoms with van der Waals surface area (Å²) in [5.41, 5.74) is -0.00350. The van der Waals surface area contributed by atoms with Crippen LogP contribution in [-0.4, -0.2) is 28.9 Å². The number of H-pyrrole nitrogens is 1. The fourth-order valence-electron chi connectivity index (χ4n) is 1.04. The van der Waals surface area contributed by atoms with Crippen molar-refractivity contribution < 1.29 is 4.79 Å². The molecule has 0 saturated carbocycles. The molecule has 1 heterocycles. The smallest absolute Gasteiger partial charge is 0.256 e. The topological polar surface area (TPSA) is 53.2 Å². The van der Waals surface area contributed by atoms with Crippen molar-refractivity contribution in [2.45, 2.75) is 19.9 Å². The number of aromatic amines is 1. The molecular formula is C10H13ClN2O2. The fraction of sp³-hybridized carbons (Fsp3) is 0.400. The van der Waals surface area contributed by atoms with E-state index in [2.05, 4.69) is 4.98 Å². The van der Waals surface area contributed by atoms with Gasteiger partial charge in [-0.1, -0.05) is 11.6 Å². The van der Waals surface area contributed by atoms with Gasteiger partial charge in [-0.15, -0.1) is 0 Å². The van der Waals surface area contributed by atoms with Gasteiger partial charge in [0, 0.05) is 25.4 Å². The van der Waals surface area contributed by atoms with Crippen LogP contribution < -0.4 is 5.56 Å². The van der Waals surface area contributed by atoms with Gasteiger partial charge in [-0.05, 0) is 13.8 Å². The zero-order chi connectivity index (χ0) is 11.6. The molecule has 0 unspecified atom stereocenters. The molecule has 0 radical (unpaired) electrons. The van der Waals surface area contributed by atoms with Gasteiger partial charge < -0.3 is 9.88 Å². The molecular weight excluding hydrogens is 216 g/mol. The first-order chi connectivity index (χ1) is 6.93. The summed E-state index contributed by atoms with van der Waals surface area (Å²) in [5.74, 6) is -0.203. The SMILES string of the molecule is CC(C)N(C)C(=O)c1c[nH]c(=O)cc1Cl. The number of rotatable bonds is 2. The number of nitrogens with one attached hydrogen (secondary N) is 1. The van der Waals surface area contributed by atoms with Crippen LogP contribution in [0.15, 0.2) is 17.1 Å². The summed E-state index contributed by atoms with van der Waals surface area (Å²) in [6, 6.07) is 1.28. The molecule has 0 spiro atoms. The van der Waals surface area contributed by atoms with Gasteiger partial charge in [-0.3, -0.25) is 9.59 Å². The maximum Gasteiger partial charge on any atom is 0.256 e. The second kappa shape index (κ2) is 4.49. The predicted octanol–water partition coefficient (Wildman–Crippen LogP) is 1.51. The summed E-state index contributed by atoms with van der Waals surface area (Å²) >= 11 is 5.81. The third kappa shape index (κ3) is 2.59. The Morgan fingerprint density at radius 1 is 1.53 bits per heavy atom. The first-order valence-corrected chi connectivity index (χ1v) is 4.96. The van der Waals surface area contributed by atoms with Crippen molar-refractivity contribution in [2.24, 2.45) is 0 Å². The van der Waals surface area contributed by atoms with E-state index in [-0.39, 0.29) is 22.5 Å².